The van der Waals surface area contributed by atoms with Crippen molar-refractivity contribution in [1.29, 1.82) is 0 Å². The molecule has 0 bridgehead atoms. The molecule has 1 N–H and O–H groups in total. The van der Waals surface area contributed by atoms with Crippen molar-refractivity contribution in [2.45, 2.75) is 39.7 Å². The van der Waals surface area contributed by atoms with Gasteiger partial charge in [0.1, 0.15) is 11.6 Å². The minimum absolute atomic E-state index is 0.202. The summed E-state index contributed by atoms with van der Waals surface area (Å²) < 4.78 is 0. The topological polar surface area (TPSA) is 66.3 Å². The number of anilines is 1. The van der Waals surface area contributed by atoms with Gasteiger partial charge in [0, 0.05) is 24.3 Å². The van der Waals surface area contributed by atoms with E-state index in [1.54, 1.807) is 0 Å². The van der Waals surface area contributed by atoms with Gasteiger partial charge in [0.25, 0.3) is 0 Å². The molecule has 98 valence electrons. The van der Waals surface area contributed by atoms with E-state index in [1.807, 2.05) is 19.9 Å². The molecule has 5 nitrogen and oxygen atoms in total. The zero-order valence-corrected chi connectivity index (χ0v) is 11.1. The second kappa shape index (κ2) is 4.92. The molecule has 1 aliphatic heterocycles. The van der Waals surface area contributed by atoms with E-state index in [9.17, 15) is 4.79 Å². The maximum Gasteiger partial charge on any atom is 0.306 e. The molecule has 2 heterocycles. The molecule has 0 saturated carbocycles. The highest BCUT2D eigenvalue weighted by atomic mass is 16.4. The fourth-order valence-corrected chi connectivity index (χ4v) is 2.58. The molecule has 0 spiro atoms. The van der Waals surface area contributed by atoms with Crippen molar-refractivity contribution in [2.75, 3.05) is 11.4 Å². The van der Waals surface area contributed by atoms with Crippen molar-refractivity contribution in [1.82, 2.24) is 9.97 Å². The Bertz CT molecular complexity index is 441. The lowest BCUT2D eigenvalue weighted by Gasteiger charge is -2.37. The van der Waals surface area contributed by atoms with E-state index < -0.39 is 5.97 Å². The van der Waals surface area contributed by atoms with Gasteiger partial charge in [-0.2, -0.15) is 0 Å². The number of nitrogens with zero attached hydrogens (tertiary/aromatic N) is 3. The summed E-state index contributed by atoms with van der Waals surface area (Å²) >= 11 is 0. The number of aryl methyl sites for hydroxylation is 2. The van der Waals surface area contributed by atoms with Crippen molar-refractivity contribution in [3.05, 3.63) is 17.6 Å². The first kappa shape index (κ1) is 12.8. The molecule has 1 fully saturated rings. The number of hydrogen-bond acceptors (Lipinski definition) is 4. The summed E-state index contributed by atoms with van der Waals surface area (Å²) in [7, 11) is 0. The highest BCUT2D eigenvalue weighted by Crippen LogP contribution is 2.27. The molecule has 0 amide bonds. The molecule has 1 saturated heterocycles. The van der Waals surface area contributed by atoms with Crippen LogP contribution in [-0.4, -0.2) is 33.6 Å². The third-order valence-corrected chi connectivity index (χ3v) is 3.47. The maximum absolute atomic E-state index is 11.0. The van der Waals surface area contributed by atoms with Crippen LogP contribution in [0.4, 0.5) is 5.82 Å². The van der Waals surface area contributed by atoms with Gasteiger partial charge in [0.05, 0.1) is 5.92 Å². The van der Waals surface area contributed by atoms with Gasteiger partial charge in [-0.25, -0.2) is 9.97 Å². The van der Waals surface area contributed by atoms with Crippen molar-refractivity contribution < 1.29 is 9.90 Å². The molecule has 1 aliphatic rings. The summed E-state index contributed by atoms with van der Waals surface area (Å²) in [6.45, 7) is 6.63. The molecule has 1 aromatic heterocycles. The van der Waals surface area contributed by atoms with Crippen LogP contribution in [0.3, 0.4) is 0 Å². The first-order valence-electron chi connectivity index (χ1n) is 6.29. The van der Waals surface area contributed by atoms with E-state index >= 15 is 0 Å². The van der Waals surface area contributed by atoms with E-state index in [0.29, 0.717) is 12.8 Å². The van der Waals surface area contributed by atoms with Gasteiger partial charge in [-0.15, -0.1) is 0 Å². The average molecular weight is 249 g/mol. The van der Waals surface area contributed by atoms with Crippen molar-refractivity contribution in [3.8, 4) is 0 Å². The quantitative estimate of drug-likeness (QED) is 0.865. The standard InChI is InChI=1S/C13H19N3O2/c1-8-6-12(15-10(3)14-8)16-5-4-11(13(17)18)7-9(16)2/h6,9,11H,4-5,7H2,1-3H3,(H,17,18). The Morgan fingerprint density at radius 1 is 1.44 bits per heavy atom. The van der Waals surface area contributed by atoms with E-state index in [-0.39, 0.29) is 12.0 Å². The predicted molar refractivity (Wildman–Crippen MR) is 68.7 cm³/mol. The van der Waals surface area contributed by atoms with Gasteiger partial charge in [0.2, 0.25) is 0 Å². The summed E-state index contributed by atoms with van der Waals surface area (Å²) in [5.74, 6) is 0.769. The molecule has 2 rings (SSSR count). The van der Waals surface area contributed by atoms with Crippen LogP contribution >= 0.6 is 0 Å². The zero-order chi connectivity index (χ0) is 13.3. The Hall–Kier alpha value is -1.65. The summed E-state index contributed by atoms with van der Waals surface area (Å²) in [5, 5.41) is 9.06. The molecule has 2 atom stereocenters. The van der Waals surface area contributed by atoms with Gasteiger partial charge < -0.3 is 10.0 Å². The normalized spacial score (nSPS) is 24.1. The van der Waals surface area contributed by atoms with Crippen molar-refractivity contribution in [3.63, 3.8) is 0 Å². The van der Waals surface area contributed by atoms with Crippen LogP contribution < -0.4 is 4.90 Å². The summed E-state index contributed by atoms with van der Waals surface area (Å²) in [6, 6.07) is 2.17. The van der Waals surface area contributed by atoms with Gasteiger partial charge in [-0.05, 0) is 33.6 Å². The Morgan fingerprint density at radius 3 is 2.72 bits per heavy atom. The molecule has 5 heteroatoms. The lowest BCUT2D eigenvalue weighted by Crippen LogP contribution is -2.43. The number of rotatable bonds is 2. The smallest absolute Gasteiger partial charge is 0.306 e. The van der Waals surface area contributed by atoms with Crippen molar-refractivity contribution in [2.24, 2.45) is 5.92 Å². The zero-order valence-electron chi connectivity index (χ0n) is 11.1. The second-order valence-corrected chi connectivity index (χ2v) is 5.02. The highest BCUT2D eigenvalue weighted by molar-refractivity contribution is 5.70. The molecular weight excluding hydrogens is 230 g/mol. The van der Waals surface area contributed by atoms with Crippen LogP contribution in [0, 0.1) is 19.8 Å². The number of carbonyl (C=O) groups is 1. The molecule has 0 aliphatic carbocycles. The summed E-state index contributed by atoms with van der Waals surface area (Å²) in [6.07, 6.45) is 1.36. The Labute approximate surface area is 107 Å². The van der Waals surface area contributed by atoms with Gasteiger partial charge in [0.15, 0.2) is 0 Å². The molecule has 0 aromatic carbocycles. The fourth-order valence-electron chi connectivity index (χ4n) is 2.58. The van der Waals surface area contributed by atoms with Crippen LogP contribution in [0.15, 0.2) is 6.07 Å². The van der Waals surface area contributed by atoms with Crippen molar-refractivity contribution >= 4 is 11.8 Å². The molecule has 2 unspecified atom stereocenters. The minimum Gasteiger partial charge on any atom is -0.481 e. The second-order valence-electron chi connectivity index (χ2n) is 5.02. The summed E-state index contributed by atoms with van der Waals surface area (Å²) in [4.78, 5) is 21.9. The Kier molecular flexibility index (Phi) is 3.50. The van der Waals surface area contributed by atoms with E-state index in [0.717, 1.165) is 23.9 Å². The predicted octanol–water partition coefficient (Wildman–Crippen LogP) is 1.78. The molecular formula is C13H19N3O2. The maximum atomic E-state index is 11.0. The lowest BCUT2D eigenvalue weighted by molar-refractivity contribution is -0.142. The first-order valence-corrected chi connectivity index (χ1v) is 6.29. The van der Waals surface area contributed by atoms with E-state index in [4.69, 9.17) is 5.11 Å². The third-order valence-electron chi connectivity index (χ3n) is 3.47. The molecule has 18 heavy (non-hydrogen) atoms. The van der Waals surface area contributed by atoms with Crippen LogP contribution in [0.1, 0.15) is 31.3 Å². The van der Waals surface area contributed by atoms with E-state index in [1.165, 1.54) is 0 Å². The molecule has 0 radical (unpaired) electrons. The minimum atomic E-state index is -0.684. The van der Waals surface area contributed by atoms with Crippen LogP contribution in [0.2, 0.25) is 0 Å². The summed E-state index contributed by atoms with van der Waals surface area (Å²) in [5.41, 5.74) is 0.949. The number of piperidine rings is 1. The van der Waals surface area contributed by atoms with Gasteiger partial charge in [-0.1, -0.05) is 0 Å². The van der Waals surface area contributed by atoms with Gasteiger partial charge in [-0.3, -0.25) is 4.79 Å². The molecule has 1 aromatic rings. The highest BCUT2D eigenvalue weighted by Gasteiger charge is 2.30. The SMILES string of the molecule is Cc1cc(N2CCC(C(=O)O)CC2C)nc(C)n1. The fraction of sp³-hybridized carbons (Fsp3) is 0.615. The van der Waals surface area contributed by atoms with Crippen LogP contribution in [0.25, 0.3) is 0 Å². The van der Waals surface area contributed by atoms with E-state index in [2.05, 4.69) is 21.8 Å². The first-order chi connectivity index (χ1) is 8.47. The Balaban J connectivity index is 2.17. The van der Waals surface area contributed by atoms with Crippen LogP contribution in [-0.2, 0) is 4.79 Å². The average Bonchev–Trinajstić information content (AvgIpc) is 2.27. The third kappa shape index (κ3) is 2.60. The largest absolute Gasteiger partial charge is 0.481 e. The Morgan fingerprint density at radius 2 is 2.17 bits per heavy atom. The number of hydrogen-bond donors (Lipinski definition) is 1. The number of aromatic nitrogens is 2. The van der Waals surface area contributed by atoms with Crippen LogP contribution in [0.5, 0.6) is 0 Å². The van der Waals surface area contributed by atoms with Gasteiger partial charge >= 0.3 is 5.97 Å². The number of carboxylic acid groups (broad SMARTS) is 1. The lowest BCUT2D eigenvalue weighted by atomic mass is 9.92. The monoisotopic (exact) mass is 249 g/mol. The number of aliphatic carboxylic acids is 1. The number of carboxylic acids is 1.